The van der Waals surface area contributed by atoms with Crippen LogP contribution >= 0.6 is 0 Å². The van der Waals surface area contributed by atoms with Gasteiger partial charge in [-0.15, -0.1) is 0 Å². The molecule has 0 fully saturated rings. The largest absolute Gasteiger partial charge is 0.332 e. The number of aromatic amines is 1. The van der Waals surface area contributed by atoms with Crippen LogP contribution in [0.4, 0.5) is 0 Å². The smallest absolute Gasteiger partial charge is 0.282 e. The Hall–Kier alpha value is -2.50. The predicted molar refractivity (Wildman–Crippen MR) is 65.0 cm³/mol. The minimum Gasteiger partial charge on any atom is -0.332 e. The highest BCUT2D eigenvalue weighted by atomic mass is 16.5. The maximum absolute atomic E-state index is 11.9. The van der Waals surface area contributed by atoms with Crippen LogP contribution in [0.15, 0.2) is 33.6 Å². The summed E-state index contributed by atoms with van der Waals surface area (Å²) in [5, 5.41) is 3.75. The third-order valence-electron chi connectivity index (χ3n) is 2.59. The zero-order valence-electron chi connectivity index (χ0n) is 9.67. The molecule has 0 bridgehead atoms. The van der Waals surface area contributed by atoms with Crippen molar-refractivity contribution in [3.63, 3.8) is 0 Å². The summed E-state index contributed by atoms with van der Waals surface area (Å²) in [6, 6.07) is 7.29. The quantitative estimate of drug-likeness (QED) is 0.736. The number of nitrogens with zero attached hydrogens (tertiary/aromatic N) is 3. The van der Waals surface area contributed by atoms with Crippen molar-refractivity contribution in [2.75, 3.05) is 0 Å². The molecule has 18 heavy (non-hydrogen) atoms. The molecule has 1 aromatic carbocycles. The first-order valence-corrected chi connectivity index (χ1v) is 5.60. The zero-order chi connectivity index (χ0) is 12.5. The zero-order valence-corrected chi connectivity index (χ0v) is 9.67. The number of hydrogen-bond acceptors (Lipinski definition) is 5. The molecule has 0 spiro atoms. The second-order valence-electron chi connectivity index (χ2n) is 3.80. The number of para-hydroxylation sites is 2. The van der Waals surface area contributed by atoms with E-state index in [0.717, 1.165) is 0 Å². The summed E-state index contributed by atoms with van der Waals surface area (Å²) in [6.07, 6.45) is 0.648. The molecular formula is C12H10N4O2. The van der Waals surface area contributed by atoms with Crippen LogP contribution in [-0.2, 0) is 6.42 Å². The Morgan fingerprint density at radius 2 is 2.11 bits per heavy atom. The van der Waals surface area contributed by atoms with Crippen molar-refractivity contribution >= 4 is 11.0 Å². The average Bonchev–Trinajstić information content (AvgIpc) is 2.86. The van der Waals surface area contributed by atoms with Gasteiger partial charge in [0.25, 0.3) is 11.4 Å². The van der Waals surface area contributed by atoms with Crippen molar-refractivity contribution in [3.05, 3.63) is 40.4 Å². The molecule has 1 N–H and O–H groups in total. The summed E-state index contributed by atoms with van der Waals surface area (Å²) in [5.74, 6) is 0.707. The van der Waals surface area contributed by atoms with Crippen molar-refractivity contribution < 1.29 is 4.52 Å². The van der Waals surface area contributed by atoms with Crippen molar-refractivity contribution in [1.82, 2.24) is 20.1 Å². The number of aryl methyl sites for hydroxylation is 1. The molecule has 2 aromatic heterocycles. The Bertz CT molecular complexity index is 760. The van der Waals surface area contributed by atoms with E-state index in [4.69, 9.17) is 4.52 Å². The second kappa shape index (κ2) is 4.06. The van der Waals surface area contributed by atoms with Gasteiger partial charge in [0, 0.05) is 6.42 Å². The van der Waals surface area contributed by atoms with Crippen molar-refractivity contribution in [2.24, 2.45) is 0 Å². The number of rotatable bonds is 2. The molecule has 6 nitrogen and oxygen atoms in total. The molecule has 0 aliphatic rings. The van der Waals surface area contributed by atoms with E-state index in [-0.39, 0.29) is 17.1 Å². The number of hydrogen-bond donors (Lipinski definition) is 1. The monoisotopic (exact) mass is 242 g/mol. The van der Waals surface area contributed by atoms with Gasteiger partial charge < -0.3 is 9.51 Å². The number of H-pyrrole nitrogens is 1. The van der Waals surface area contributed by atoms with Gasteiger partial charge in [0.15, 0.2) is 11.5 Å². The highest BCUT2D eigenvalue weighted by Crippen LogP contribution is 2.13. The first-order valence-electron chi connectivity index (χ1n) is 5.60. The lowest BCUT2D eigenvalue weighted by Gasteiger charge is -1.97. The Balaban J connectivity index is 2.22. The molecule has 0 unspecified atom stereocenters. The third kappa shape index (κ3) is 1.67. The molecule has 0 radical (unpaired) electrons. The molecule has 0 saturated heterocycles. The molecule has 6 heteroatoms. The Kier molecular flexibility index (Phi) is 2.40. The Morgan fingerprint density at radius 3 is 2.89 bits per heavy atom. The number of fused-ring (bicyclic) bond motifs is 1. The van der Waals surface area contributed by atoms with Gasteiger partial charge in [-0.25, -0.2) is 4.98 Å². The molecule has 3 rings (SSSR count). The van der Waals surface area contributed by atoms with E-state index in [1.165, 1.54) is 0 Å². The molecular weight excluding hydrogens is 232 g/mol. The van der Waals surface area contributed by atoms with Crippen LogP contribution in [0.3, 0.4) is 0 Å². The van der Waals surface area contributed by atoms with Gasteiger partial charge in [-0.1, -0.05) is 24.2 Å². The number of nitrogens with one attached hydrogen (secondary N) is 1. The molecule has 0 saturated carbocycles. The molecule has 90 valence electrons. The van der Waals surface area contributed by atoms with Crippen LogP contribution in [0.5, 0.6) is 0 Å². The molecule has 0 amide bonds. The van der Waals surface area contributed by atoms with E-state index in [1.807, 2.05) is 25.1 Å². The highest BCUT2D eigenvalue weighted by Gasteiger charge is 2.14. The lowest BCUT2D eigenvalue weighted by atomic mass is 10.3. The topological polar surface area (TPSA) is 84.7 Å². The average molecular weight is 242 g/mol. The first-order chi connectivity index (χ1) is 8.78. The van der Waals surface area contributed by atoms with Crippen LogP contribution in [0.2, 0.25) is 0 Å². The maximum atomic E-state index is 11.9. The minimum atomic E-state index is -0.333. The number of aromatic nitrogens is 4. The van der Waals surface area contributed by atoms with Gasteiger partial charge in [-0.05, 0) is 12.1 Å². The predicted octanol–water partition coefficient (Wildman–Crippen LogP) is 1.54. The van der Waals surface area contributed by atoms with Crippen LogP contribution in [-0.4, -0.2) is 20.1 Å². The van der Waals surface area contributed by atoms with Gasteiger partial charge >= 0.3 is 0 Å². The van der Waals surface area contributed by atoms with E-state index in [1.54, 1.807) is 6.07 Å². The van der Waals surface area contributed by atoms with Gasteiger partial charge in [-0.3, -0.25) is 4.79 Å². The van der Waals surface area contributed by atoms with E-state index < -0.39 is 0 Å². The molecule has 2 heterocycles. The summed E-state index contributed by atoms with van der Waals surface area (Å²) in [6.45, 7) is 1.91. The van der Waals surface area contributed by atoms with Crippen molar-refractivity contribution in [2.45, 2.75) is 13.3 Å². The summed E-state index contributed by atoms with van der Waals surface area (Å²) in [4.78, 5) is 23.0. The third-order valence-corrected chi connectivity index (χ3v) is 2.59. The fraction of sp³-hybridized carbons (Fsp3) is 0.167. The normalized spacial score (nSPS) is 10.9. The van der Waals surface area contributed by atoms with Crippen LogP contribution in [0.1, 0.15) is 12.7 Å². The van der Waals surface area contributed by atoms with E-state index in [2.05, 4.69) is 20.1 Å². The van der Waals surface area contributed by atoms with Gasteiger partial charge in [0.2, 0.25) is 0 Å². The Labute approximate surface area is 102 Å². The molecule has 0 aliphatic carbocycles. The fourth-order valence-electron chi connectivity index (χ4n) is 1.67. The van der Waals surface area contributed by atoms with Gasteiger partial charge in [0.1, 0.15) is 0 Å². The number of benzene rings is 1. The summed E-state index contributed by atoms with van der Waals surface area (Å²) >= 11 is 0. The van der Waals surface area contributed by atoms with Crippen molar-refractivity contribution in [1.29, 1.82) is 0 Å². The van der Waals surface area contributed by atoms with Crippen LogP contribution in [0.25, 0.3) is 22.6 Å². The highest BCUT2D eigenvalue weighted by molar-refractivity contribution is 5.75. The van der Waals surface area contributed by atoms with Crippen LogP contribution < -0.4 is 5.56 Å². The standard InChI is InChI=1S/C12H10N4O2/c1-2-9-15-12(18-16-9)10-11(17)14-8-6-4-3-5-7(8)13-10/h3-6H,2H2,1H3,(H,14,17). The summed E-state index contributed by atoms with van der Waals surface area (Å²) in [5.41, 5.74) is 1.19. The van der Waals surface area contributed by atoms with Gasteiger partial charge in [0.05, 0.1) is 11.0 Å². The fourth-order valence-corrected chi connectivity index (χ4v) is 1.67. The van der Waals surface area contributed by atoms with Crippen LogP contribution in [0, 0.1) is 0 Å². The lowest BCUT2D eigenvalue weighted by Crippen LogP contribution is -2.11. The molecule has 0 aliphatic heterocycles. The van der Waals surface area contributed by atoms with E-state index in [9.17, 15) is 4.79 Å². The molecule has 3 aromatic rings. The maximum Gasteiger partial charge on any atom is 0.282 e. The first kappa shape index (κ1) is 10.6. The molecule has 0 atom stereocenters. The SMILES string of the molecule is CCc1noc(-c2nc3ccccc3[nH]c2=O)n1. The Morgan fingerprint density at radius 1 is 1.28 bits per heavy atom. The second-order valence-corrected chi connectivity index (χ2v) is 3.80. The summed E-state index contributed by atoms with van der Waals surface area (Å²) < 4.78 is 5.03. The minimum absolute atomic E-state index is 0.152. The van der Waals surface area contributed by atoms with E-state index >= 15 is 0 Å². The summed E-state index contributed by atoms with van der Waals surface area (Å²) in [7, 11) is 0. The van der Waals surface area contributed by atoms with Crippen molar-refractivity contribution in [3.8, 4) is 11.6 Å². The van der Waals surface area contributed by atoms with Gasteiger partial charge in [-0.2, -0.15) is 4.98 Å². The lowest BCUT2D eigenvalue weighted by molar-refractivity contribution is 0.421. The van der Waals surface area contributed by atoms with E-state index in [0.29, 0.717) is 23.3 Å².